The van der Waals surface area contributed by atoms with E-state index >= 15 is 0 Å². The molecule has 0 spiro atoms. The van der Waals surface area contributed by atoms with Gasteiger partial charge in [0.2, 0.25) is 0 Å². The summed E-state index contributed by atoms with van der Waals surface area (Å²) in [5, 5.41) is 3.34. The topological polar surface area (TPSA) is 38.9 Å². The van der Waals surface area contributed by atoms with Gasteiger partial charge in [0, 0.05) is 28.0 Å². The van der Waals surface area contributed by atoms with Crippen LogP contribution in [-0.4, -0.2) is 4.98 Å². The molecule has 2 nitrogen and oxygen atoms in total. The highest BCUT2D eigenvalue weighted by molar-refractivity contribution is 6.08. The van der Waals surface area contributed by atoms with Crippen LogP contribution < -0.4 is 5.73 Å². The van der Waals surface area contributed by atoms with Gasteiger partial charge in [0.1, 0.15) is 0 Å². The standard InChI is InChI=1S/C13H10N2/c14-12-5-1-4-11-10(12)7-6-9-3-2-8-15-13(9)11/h1-8H,14H2. The van der Waals surface area contributed by atoms with Gasteiger partial charge in [0.15, 0.2) is 0 Å². The van der Waals surface area contributed by atoms with Crippen LogP contribution in [0.4, 0.5) is 5.69 Å². The number of pyridine rings is 1. The maximum absolute atomic E-state index is 5.92. The third kappa shape index (κ3) is 1.15. The minimum absolute atomic E-state index is 0.806. The normalized spacial score (nSPS) is 10.9. The average molecular weight is 194 g/mol. The molecule has 0 aliphatic heterocycles. The van der Waals surface area contributed by atoms with Gasteiger partial charge in [-0.3, -0.25) is 4.98 Å². The highest BCUT2D eigenvalue weighted by Gasteiger charge is 2.02. The first-order valence-electron chi connectivity index (χ1n) is 4.88. The van der Waals surface area contributed by atoms with Crippen LogP contribution in [0, 0.1) is 0 Å². The van der Waals surface area contributed by atoms with Crippen LogP contribution in [0.5, 0.6) is 0 Å². The van der Waals surface area contributed by atoms with Gasteiger partial charge >= 0.3 is 0 Å². The molecule has 0 amide bonds. The van der Waals surface area contributed by atoms with Gasteiger partial charge < -0.3 is 5.73 Å². The van der Waals surface area contributed by atoms with Crippen molar-refractivity contribution in [1.29, 1.82) is 0 Å². The highest BCUT2D eigenvalue weighted by atomic mass is 14.6. The first kappa shape index (κ1) is 8.24. The Labute approximate surface area is 87.4 Å². The predicted molar refractivity (Wildman–Crippen MR) is 63.7 cm³/mol. The molecule has 0 saturated heterocycles. The molecule has 1 heterocycles. The molecule has 72 valence electrons. The van der Waals surface area contributed by atoms with Gasteiger partial charge in [-0.15, -0.1) is 0 Å². The predicted octanol–water partition coefficient (Wildman–Crippen LogP) is 2.97. The third-order valence-electron chi connectivity index (χ3n) is 2.66. The largest absolute Gasteiger partial charge is 0.398 e. The molecule has 0 unspecified atom stereocenters. The smallest absolute Gasteiger partial charge is 0.0781 e. The molecule has 0 saturated carbocycles. The molecule has 0 atom stereocenters. The zero-order valence-electron chi connectivity index (χ0n) is 8.14. The van der Waals surface area contributed by atoms with Crippen molar-refractivity contribution in [3.63, 3.8) is 0 Å². The first-order chi connectivity index (χ1) is 7.36. The van der Waals surface area contributed by atoms with Crippen LogP contribution >= 0.6 is 0 Å². The summed E-state index contributed by atoms with van der Waals surface area (Å²) in [5.41, 5.74) is 7.74. The summed E-state index contributed by atoms with van der Waals surface area (Å²) in [4.78, 5) is 4.39. The van der Waals surface area contributed by atoms with Gasteiger partial charge in [-0.25, -0.2) is 0 Å². The number of aromatic nitrogens is 1. The Kier molecular flexibility index (Phi) is 1.62. The number of nitrogens with two attached hydrogens (primary N) is 1. The second-order valence-electron chi connectivity index (χ2n) is 3.58. The number of nitrogens with zero attached hydrogens (tertiary/aromatic N) is 1. The van der Waals surface area contributed by atoms with E-state index in [0.29, 0.717) is 0 Å². The number of nitrogen functional groups attached to an aromatic ring is 1. The third-order valence-corrected chi connectivity index (χ3v) is 2.66. The van der Waals surface area contributed by atoms with Crippen molar-refractivity contribution in [1.82, 2.24) is 4.98 Å². The Morgan fingerprint density at radius 1 is 0.867 bits per heavy atom. The van der Waals surface area contributed by atoms with Crippen molar-refractivity contribution in [2.75, 3.05) is 5.73 Å². The minimum atomic E-state index is 0.806. The van der Waals surface area contributed by atoms with Crippen molar-refractivity contribution in [2.24, 2.45) is 0 Å². The fraction of sp³-hybridized carbons (Fsp3) is 0. The van der Waals surface area contributed by atoms with Crippen LogP contribution in [0.25, 0.3) is 21.7 Å². The number of fused-ring (bicyclic) bond motifs is 3. The van der Waals surface area contributed by atoms with Crippen LogP contribution in [0.2, 0.25) is 0 Å². The van der Waals surface area contributed by atoms with Crippen LogP contribution in [0.3, 0.4) is 0 Å². The number of anilines is 1. The van der Waals surface area contributed by atoms with Gasteiger partial charge in [0.25, 0.3) is 0 Å². The van der Waals surface area contributed by atoms with Crippen LogP contribution in [-0.2, 0) is 0 Å². The summed E-state index contributed by atoms with van der Waals surface area (Å²) in [6.07, 6.45) is 1.81. The Hall–Kier alpha value is -2.09. The number of hydrogen-bond donors (Lipinski definition) is 1. The van der Waals surface area contributed by atoms with E-state index in [-0.39, 0.29) is 0 Å². The van der Waals surface area contributed by atoms with Gasteiger partial charge in [0.05, 0.1) is 5.52 Å². The lowest BCUT2D eigenvalue weighted by molar-refractivity contribution is 1.43. The summed E-state index contributed by atoms with van der Waals surface area (Å²) >= 11 is 0. The molecular formula is C13H10N2. The molecule has 0 bridgehead atoms. The van der Waals surface area contributed by atoms with Crippen molar-refractivity contribution in [2.45, 2.75) is 0 Å². The second kappa shape index (κ2) is 2.95. The molecule has 3 aromatic rings. The fourth-order valence-corrected chi connectivity index (χ4v) is 1.93. The zero-order chi connectivity index (χ0) is 10.3. The van der Waals surface area contributed by atoms with E-state index in [1.807, 2.05) is 24.4 Å². The molecular weight excluding hydrogens is 184 g/mol. The van der Waals surface area contributed by atoms with E-state index in [2.05, 4.69) is 29.2 Å². The number of benzene rings is 2. The molecule has 2 N–H and O–H groups in total. The van der Waals surface area contributed by atoms with E-state index in [4.69, 9.17) is 5.73 Å². The molecule has 15 heavy (non-hydrogen) atoms. The monoisotopic (exact) mass is 194 g/mol. The number of hydrogen-bond acceptors (Lipinski definition) is 2. The fourth-order valence-electron chi connectivity index (χ4n) is 1.93. The molecule has 0 aliphatic carbocycles. The summed E-state index contributed by atoms with van der Waals surface area (Å²) in [5.74, 6) is 0. The molecule has 0 radical (unpaired) electrons. The quantitative estimate of drug-likeness (QED) is 0.441. The van der Waals surface area contributed by atoms with Crippen LogP contribution in [0.1, 0.15) is 0 Å². The summed E-state index contributed by atoms with van der Waals surface area (Å²) < 4.78 is 0. The van der Waals surface area contributed by atoms with Gasteiger partial charge in [-0.05, 0) is 12.1 Å². The molecule has 2 aromatic carbocycles. The molecule has 0 fully saturated rings. The van der Waals surface area contributed by atoms with Crippen molar-refractivity contribution in [3.8, 4) is 0 Å². The number of rotatable bonds is 0. The Morgan fingerprint density at radius 2 is 1.80 bits per heavy atom. The Morgan fingerprint density at radius 3 is 2.73 bits per heavy atom. The zero-order valence-corrected chi connectivity index (χ0v) is 8.14. The van der Waals surface area contributed by atoms with E-state index in [9.17, 15) is 0 Å². The van der Waals surface area contributed by atoms with Crippen molar-refractivity contribution >= 4 is 27.4 Å². The van der Waals surface area contributed by atoms with E-state index < -0.39 is 0 Å². The maximum Gasteiger partial charge on any atom is 0.0781 e. The van der Waals surface area contributed by atoms with E-state index in [1.165, 1.54) is 0 Å². The van der Waals surface area contributed by atoms with Crippen LogP contribution in [0.15, 0.2) is 48.7 Å². The lowest BCUT2D eigenvalue weighted by Gasteiger charge is -2.04. The van der Waals surface area contributed by atoms with Crippen molar-refractivity contribution < 1.29 is 0 Å². The summed E-state index contributed by atoms with van der Waals surface area (Å²) in [7, 11) is 0. The minimum Gasteiger partial charge on any atom is -0.398 e. The lowest BCUT2D eigenvalue weighted by atomic mass is 10.1. The van der Waals surface area contributed by atoms with Gasteiger partial charge in [-0.1, -0.05) is 30.3 Å². The average Bonchev–Trinajstić information content (AvgIpc) is 2.29. The van der Waals surface area contributed by atoms with Crippen molar-refractivity contribution in [3.05, 3.63) is 48.7 Å². The molecule has 3 rings (SSSR count). The highest BCUT2D eigenvalue weighted by Crippen LogP contribution is 2.26. The van der Waals surface area contributed by atoms with E-state index in [1.54, 1.807) is 0 Å². The lowest BCUT2D eigenvalue weighted by Crippen LogP contribution is -1.87. The summed E-state index contributed by atoms with van der Waals surface area (Å²) in [6.45, 7) is 0. The van der Waals surface area contributed by atoms with Gasteiger partial charge in [-0.2, -0.15) is 0 Å². The molecule has 0 aliphatic rings. The molecule has 1 aromatic heterocycles. The Bertz CT molecular complexity index is 644. The SMILES string of the molecule is Nc1cccc2c1ccc1cccnc12. The first-order valence-corrected chi connectivity index (χ1v) is 4.88. The Balaban J connectivity index is 2.60. The molecule has 2 heteroatoms. The summed E-state index contributed by atoms with van der Waals surface area (Å²) in [6, 6.07) is 14.0. The van der Waals surface area contributed by atoms with E-state index in [0.717, 1.165) is 27.4 Å². The maximum atomic E-state index is 5.92. The second-order valence-corrected chi connectivity index (χ2v) is 3.58.